The number of rotatable bonds is 3. The Kier molecular flexibility index (Phi) is 3.40. The van der Waals surface area contributed by atoms with E-state index in [9.17, 15) is 9.18 Å². The molecular formula is C18H13FO2. The molecule has 0 N–H and O–H groups in total. The van der Waals surface area contributed by atoms with Crippen LogP contribution in [-0.4, -0.2) is 13.4 Å². The van der Waals surface area contributed by atoms with Crippen LogP contribution in [0.25, 0.3) is 21.9 Å². The SMILES string of the molecule is COc1ccc2cc(-c3ccc(C=O)cc3F)ccc2c1. The van der Waals surface area contributed by atoms with Crippen LogP contribution in [0.3, 0.4) is 0 Å². The highest BCUT2D eigenvalue weighted by atomic mass is 19.1. The first-order chi connectivity index (χ1) is 10.2. The Morgan fingerprint density at radius 2 is 1.71 bits per heavy atom. The molecular weight excluding hydrogens is 267 g/mol. The molecule has 0 saturated heterocycles. The number of halogens is 1. The van der Waals surface area contributed by atoms with E-state index in [2.05, 4.69) is 0 Å². The van der Waals surface area contributed by atoms with Crippen molar-refractivity contribution in [3.8, 4) is 16.9 Å². The molecule has 0 radical (unpaired) electrons. The van der Waals surface area contributed by atoms with Crippen LogP contribution in [0.2, 0.25) is 0 Å². The Hall–Kier alpha value is -2.68. The number of aldehydes is 1. The van der Waals surface area contributed by atoms with Gasteiger partial charge in [-0.15, -0.1) is 0 Å². The van der Waals surface area contributed by atoms with Crippen LogP contribution in [0.5, 0.6) is 5.75 Å². The topological polar surface area (TPSA) is 26.3 Å². The van der Waals surface area contributed by atoms with Crippen LogP contribution in [-0.2, 0) is 0 Å². The van der Waals surface area contributed by atoms with Gasteiger partial charge in [-0.2, -0.15) is 0 Å². The van der Waals surface area contributed by atoms with Gasteiger partial charge in [0.15, 0.2) is 0 Å². The molecule has 0 saturated carbocycles. The van der Waals surface area contributed by atoms with E-state index in [-0.39, 0.29) is 0 Å². The third-order valence-corrected chi connectivity index (χ3v) is 3.49. The van der Waals surface area contributed by atoms with E-state index < -0.39 is 5.82 Å². The number of hydrogen-bond donors (Lipinski definition) is 0. The van der Waals surface area contributed by atoms with Crippen molar-refractivity contribution < 1.29 is 13.9 Å². The lowest BCUT2D eigenvalue weighted by Crippen LogP contribution is -1.88. The summed E-state index contributed by atoms with van der Waals surface area (Å²) in [7, 11) is 1.62. The Bertz CT molecular complexity index is 825. The molecule has 0 aliphatic heterocycles. The zero-order valence-corrected chi connectivity index (χ0v) is 11.5. The van der Waals surface area contributed by atoms with Crippen LogP contribution in [0.4, 0.5) is 4.39 Å². The van der Waals surface area contributed by atoms with Gasteiger partial charge in [0.2, 0.25) is 0 Å². The molecule has 0 heterocycles. The number of benzene rings is 3. The van der Waals surface area contributed by atoms with Crippen molar-refractivity contribution in [2.45, 2.75) is 0 Å². The monoisotopic (exact) mass is 280 g/mol. The van der Waals surface area contributed by atoms with Crippen molar-refractivity contribution in [3.05, 3.63) is 66.0 Å². The van der Waals surface area contributed by atoms with Gasteiger partial charge in [0, 0.05) is 11.1 Å². The molecule has 0 unspecified atom stereocenters. The second-order valence-electron chi connectivity index (χ2n) is 4.78. The highest BCUT2D eigenvalue weighted by Gasteiger charge is 2.07. The van der Waals surface area contributed by atoms with Gasteiger partial charge >= 0.3 is 0 Å². The molecule has 21 heavy (non-hydrogen) atoms. The largest absolute Gasteiger partial charge is 0.497 e. The third kappa shape index (κ3) is 2.50. The maximum atomic E-state index is 14.1. The molecule has 3 aromatic carbocycles. The molecule has 0 aromatic heterocycles. The van der Waals surface area contributed by atoms with Gasteiger partial charge in [-0.1, -0.05) is 30.3 Å². The second-order valence-corrected chi connectivity index (χ2v) is 4.78. The van der Waals surface area contributed by atoms with E-state index in [1.54, 1.807) is 19.2 Å². The van der Waals surface area contributed by atoms with Gasteiger partial charge in [-0.05, 0) is 40.6 Å². The first-order valence-electron chi connectivity index (χ1n) is 6.54. The minimum Gasteiger partial charge on any atom is -0.497 e. The summed E-state index contributed by atoms with van der Waals surface area (Å²) in [5.41, 5.74) is 1.60. The predicted octanol–water partition coefficient (Wildman–Crippen LogP) is 4.47. The van der Waals surface area contributed by atoms with Crippen LogP contribution in [0.15, 0.2) is 54.6 Å². The molecule has 0 aliphatic carbocycles. The lowest BCUT2D eigenvalue weighted by atomic mass is 10.00. The number of methoxy groups -OCH3 is 1. The summed E-state index contributed by atoms with van der Waals surface area (Å²) in [6.45, 7) is 0. The summed E-state index contributed by atoms with van der Waals surface area (Å²) in [5, 5.41) is 2.04. The van der Waals surface area contributed by atoms with Crippen LogP contribution in [0.1, 0.15) is 10.4 Å². The maximum Gasteiger partial charge on any atom is 0.150 e. The highest BCUT2D eigenvalue weighted by molar-refractivity contribution is 5.88. The number of hydrogen-bond acceptors (Lipinski definition) is 2. The molecule has 0 aliphatic rings. The van der Waals surface area contributed by atoms with Gasteiger partial charge in [0.05, 0.1) is 7.11 Å². The van der Waals surface area contributed by atoms with E-state index in [1.165, 1.54) is 6.07 Å². The molecule has 0 atom stereocenters. The number of carbonyl (C=O) groups excluding carboxylic acids is 1. The van der Waals surface area contributed by atoms with E-state index in [4.69, 9.17) is 4.74 Å². The third-order valence-electron chi connectivity index (χ3n) is 3.49. The molecule has 0 spiro atoms. The van der Waals surface area contributed by atoms with Crippen LogP contribution >= 0.6 is 0 Å². The number of carbonyl (C=O) groups is 1. The number of ether oxygens (including phenoxy) is 1. The molecule has 3 heteroatoms. The fourth-order valence-corrected chi connectivity index (χ4v) is 2.36. The standard InChI is InChI=1S/C18H13FO2/c1-21-16-6-5-13-9-15(4-3-14(13)10-16)17-7-2-12(11-20)8-18(17)19/h2-11H,1H3. The Morgan fingerprint density at radius 1 is 0.952 bits per heavy atom. The van der Waals surface area contributed by atoms with Crippen molar-refractivity contribution in [2.24, 2.45) is 0 Å². The average molecular weight is 280 g/mol. The quantitative estimate of drug-likeness (QED) is 0.662. The Labute approximate surface area is 121 Å². The molecule has 2 nitrogen and oxygen atoms in total. The Balaban J connectivity index is 2.10. The molecule has 0 amide bonds. The van der Waals surface area contributed by atoms with Gasteiger partial charge in [-0.25, -0.2) is 4.39 Å². The summed E-state index contributed by atoms with van der Waals surface area (Å²) in [4.78, 5) is 10.7. The summed E-state index contributed by atoms with van der Waals surface area (Å²) < 4.78 is 19.3. The lowest BCUT2D eigenvalue weighted by molar-refractivity contribution is 0.112. The second kappa shape index (κ2) is 5.37. The number of fused-ring (bicyclic) bond motifs is 1. The molecule has 104 valence electrons. The van der Waals surface area contributed by atoms with Crippen LogP contribution in [0, 0.1) is 5.82 Å². The average Bonchev–Trinajstić information content (AvgIpc) is 2.53. The minimum absolute atomic E-state index is 0.335. The smallest absolute Gasteiger partial charge is 0.150 e. The summed E-state index contributed by atoms with van der Waals surface area (Å²) >= 11 is 0. The van der Waals surface area contributed by atoms with E-state index in [0.717, 1.165) is 22.1 Å². The van der Waals surface area contributed by atoms with Crippen molar-refractivity contribution in [3.63, 3.8) is 0 Å². The van der Waals surface area contributed by atoms with Gasteiger partial charge < -0.3 is 4.74 Å². The zero-order valence-electron chi connectivity index (χ0n) is 11.5. The maximum absolute atomic E-state index is 14.1. The zero-order chi connectivity index (χ0) is 14.8. The van der Waals surface area contributed by atoms with E-state index >= 15 is 0 Å². The highest BCUT2D eigenvalue weighted by Crippen LogP contribution is 2.28. The van der Waals surface area contributed by atoms with E-state index in [0.29, 0.717) is 17.4 Å². The molecule has 3 rings (SSSR count). The normalized spacial score (nSPS) is 10.6. The predicted molar refractivity (Wildman–Crippen MR) is 81.3 cm³/mol. The Morgan fingerprint density at radius 3 is 2.43 bits per heavy atom. The van der Waals surface area contributed by atoms with Gasteiger partial charge in [0.25, 0.3) is 0 Å². The molecule has 3 aromatic rings. The van der Waals surface area contributed by atoms with Crippen molar-refractivity contribution in [2.75, 3.05) is 7.11 Å². The summed E-state index contributed by atoms with van der Waals surface area (Å²) in [6, 6.07) is 16.0. The van der Waals surface area contributed by atoms with E-state index in [1.807, 2.05) is 36.4 Å². The fourth-order valence-electron chi connectivity index (χ4n) is 2.36. The van der Waals surface area contributed by atoms with Gasteiger partial charge in [-0.3, -0.25) is 4.79 Å². The summed E-state index contributed by atoms with van der Waals surface area (Å²) in [5.74, 6) is 0.393. The van der Waals surface area contributed by atoms with Crippen molar-refractivity contribution in [1.82, 2.24) is 0 Å². The van der Waals surface area contributed by atoms with Crippen LogP contribution < -0.4 is 4.74 Å². The first-order valence-corrected chi connectivity index (χ1v) is 6.54. The van der Waals surface area contributed by atoms with Crippen molar-refractivity contribution in [1.29, 1.82) is 0 Å². The van der Waals surface area contributed by atoms with Crippen molar-refractivity contribution >= 4 is 17.1 Å². The lowest BCUT2D eigenvalue weighted by Gasteiger charge is -2.07. The fraction of sp³-hybridized carbons (Fsp3) is 0.0556. The summed E-state index contributed by atoms with van der Waals surface area (Å²) in [6.07, 6.45) is 0.638. The van der Waals surface area contributed by atoms with Gasteiger partial charge in [0.1, 0.15) is 17.9 Å². The molecule has 0 bridgehead atoms. The molecule has 0 fully saturated rings. The first kappa shape index (κ1) is 13.3. The minimum atomic E-state index is -0.396.